The molecule has 2 nitrogen and oxygen atoms in total. The molecule has 0 saturated carbocycles. The standard InChI is InChI=1S/C11H25NO/c1-6-9(3)10(4)12-8-11(5,13)7-2/h9-10,12-13H,6-8H2,1-5H3. The summed E-state index contributed by atoms with van der Waals surface area (Å²) in [5.74, 6) is 0.674. The predicted molar refractivity (Wildman–Crippen MR) is 57.8 cm³/mol. The van der Waals surface area contributed by atoms with Crippen LogP contribution < -0.4 is 5.32 Å². The number of nitrogens with one attached hydrogen (secondary N) is 1. The molecule has 0 rings (SSSR count). The van der Waals surface area contributed by atoms with Gasteiger partial charge in [-0.2, -0.15) is 0 Å². The molecule has 0 aliphatic heterocycles. The van der Waals surface area contributed by atoms with Crippen LogP contribution >= 0.6 is 0 Å². The van der Waals surface area contributed by atoms with Crippen LogP contribution in [0.1, 0.15) is 47.5 Å². The number of rotatable bonds is 6. The van der Waals surface area contributed by atoms with Crippen LogP contribution in [0.3, 0.4) is 0 Å². The van der Waals surface area contributed by atoms with Crippen molar-refractivity contribution >= 4 is 0 Å². The Hall–Kier alpha value is -0.0800. The summed E-state index contributed by atoms with van der Waals surface area (Å²) in [6, 6.07) is 0.489. The van der Waals surface area contributed by atoms with Gasteiger partial charge in [-0.25, -0.2) is 0 Å². The van der Waals surface area contributed by atoms with E-state index in [1.54, 1.807) is 0 Å². The lowest BCUT2D eigenvalue weighted by Gasteiger charge is -2.27. The van der Waals surface area contributed by atoms with Gasteiger partial charge in [-0.05, 0) is 26.2 Å². The molecule has 3 atom stereocenters. The van der Waals surface area contributed by atoms with Crippen molar-refractivity contribution in [3.05, 3.63) is 0 Å². The fourth-order valence-corrected chi connectivity index (χ4v) is 1.06. The highest BCUT2D eigenvalue weighted by atomic mass is 16.3. The normalized spacial score (nSPS) is 20.8. The predicted octanol–water partition coefficient (Wildman–Crippen LogP) is 2.17. The maximum atomic E-state index is 9.76. The molecule has 13 heavy (non-hydrogen) atoms. The number of hydrogen-bond donors (Lipinski definition) is 2. The van der Waals surface area contributed by atoms with Crippen LogP contribution in [0.5, 0.6) is 0 Å². The Labute approximate surface area is 82.7 Å². The molecule has 0 aromatic rings. The Morgan fingerprint density at radius 2 is 1.85 bits per heavy atom. The van der Waals surface area contributed by atoms with Crippen LogP contribution in [0, 0.1) is 5.92 Å². The molecule has 0 amide bonds. The summed E-state index contributed by atoms with van der Waals surface area (Å²) in [5.41, 5.74) is -0.554. The zero-order valence-corrected chi connectivity index (χ0v) is 9.72. The maximum Gasteiger partial charge on any atom is 0.0741 e. The summed E-state index contributed by atoms with van der Waals surface area (Å²) in [7, 11) is 0. The third-order valence-corrected chi connectivity index (χ3v) is 3.06. The van der Waals surface area contributed by atoms with Gasteiger partial charge >= 0.3 is 0 Å². The molecule has 2 heteroatoms. The molecule has 0 aliphatic rings. The highest BCUT2D eigenvalue weighted by Crippen LogP contribution is 2.10. The largest absolute Gasteiger partial charge is 0.389 e. The SMILES string of the molecule is CCC(C)C(C)NCC(C)(O)CC. The molecular weight excluding hydrogens is 162 g/mol. The van der Waals surface area contributed by atoms with Crippen molar-refractivity contribution in [2.45, 2.75) is 59.1 Å². The van der Waals surface area contributed by atoms with Crippen molar-refractivity contribution < 1.29 is 5.11 Å². The number of aliphatic hydroxyl groups is 1. The zero-order valence-electron chi connectivity index (χ0n) is 9.72. The molecule has 0 saturated heterocycles. The summed E-state index contributed by atoms with van der Waals surface area (Å²) in [6.07, 6.45) is 1.98. The Morgan fingerprint density at radius 3 is 2.23 bits per heavy atom. The minimum atomic E-state index is -0.554. The van der Waals surface area contributed by atoms with Gasteiger partial charge in [0.2, 0.25) is 0 Å². The maximum absolute atomic E-state index is 9.76. The summed E-state index contributed by atoms with van der Waals surface area (Å²) in [4.78, 5) is 0. The summed E-state index contributed by atoms with van der Waals surface area (Å²) >= 11 is 0. The molecule has 3 unspecified atom stereocenters. The second-order valence-electron chi connectivity index (χ2n) is 4.41. The van der Waals surface area contributed by atoms with Gasteiger partial charge in [-0.15, -0.1) is 0 Å². The second kappa shape index (κ2) is 5.61. The van der Waals surface area contributed by atoms with Gasteiger partial charge in [0.05, 0.1) is 5.60 Å². The van der Waals surface area contributed by atoms with Crippen LogP contribution in [0.4, 0.5) is 0 Å². The Balaban J connectivity index is 3.75. The van der Waals surface area contributed by atoms with E-state index in [0.29, 0.717) is 18.5 Å². The van der Waals surface area contributed by atoms with Crippen LogP contribution in [0.25, 0.3) is 0 Å². The Bertz CT molecular complexity index is 134. The fraction of sp³-hybridized carbons (Fsp3) is 1.00. The molecule has 0 aromatic heterocycles. The first-order valence-corrected chi connectivity index (χ1v) is 5.38. The van der Waals surface area contributed by atoms with E-state index < -0.39 is 5.60 Å². The van der Waals surface area contributed by atoms with E-state index >= 15 is 0 Å². The van der Waals surface area contributed by atoms with Gasteiger partial charge < -0.3 is 10.4 Å². The molecule has 0 aromatic carbocycles. The van der Waals surface area contributed by atoms with Crippen molar-refractivity contribution in [3.63, 3.8) is 0 Å². The molecule has 0 bridgehead atoms. The lowest BCUT2D eigenvalue weighted by atomic mass is 9.98. The van der Waals surface area contributed by atoms with Gasteiger partial charge in [0.15, 0.2) is 0 Å². The summed E-state index contributed by atoms with van der Waals surface area (Å²) in [5, 5.41) is 13.1. The van der Waals surface area contributed by atoms with E-state index in [1.165, 1.54) is 6.42 Å². The third kappa shape index (κ3) is 5.27. The van der Waals surface area contributed by atoms with Crippen LogP contribution in [0.15, 0.2) is 0 Å². The molecule has 0 fully saturated rings. The minimum Gasteiger partial charge on any atom is -0.389 e. The molecule has 0 spiro atoms. The van der Waals surface area contributed by atoms with E-state index in [4.69, 9.17) is 0 Å². The molecule has 0 aliphatic carbocycles. The Kier molecular flexibility index (Phi) is 5.57. The van der Waals surface area contributed by atoms with Gasteiger partial charge in [0, 0.05) is 12.6 Å². The third-order valence-electron chi connectivity index (χ3n) is 3.06. The first-order valence-electron chi connectivity index (χ1n) is 5.38. The molecule has 0 heterocycles. The average Bonchev–Trinajstić information content (AvgIpc) is 2.13. The van der Waals surface area contributed by atoms with E-state index in [0.717, 1.165) is 6.42 Å². The Morgan fingerprint density at radius 1 is 1.31 bits per heavy atom. The zero-order chi connectivity index (χ0) is 10.5. The van der Waals surface area contributed by atoms with E-state index in [1.807, 2.05) is 13.8 Å². The smallest absolute Gasteiger partial charge is 0.0741 e. The van der Waals surface area contributed by atoms with Crippen LogP contribution in [-0.4, -0.2) is 23.3 Å². The first-order chi connectivity index (χ1) is 5.93. The topological polar surface area (TPSA) is 32.3 Å². The average molecular weight is 187 g/mol. The van der Waals surface area contributed by atoms with Gasteiger partial charge in [0.25, 0.3) is 0 Å². The second-order valence-corrected chi connectivity index (χ2v) is 4.41. The van der Waals surface area contributed by atoms with Gasteiger partial charge in [-0.1, -0.05) is 27.2 Å². The van der Waals surface area contributed by atoms with Crippen molar-refractivity contribution in [1.29, 1.82) is 0 Å². The lowest BCUT2D eigenvalue weighted by Crippen LogP contribution is -2.43. The molecule has 2 N–H and O–H groups in total. The van der Waals surface area contributed by atoms with Crippen molar-refractivity contribution in [3.8, 4) is 0 Å². The van der Waals surface area contributed by atoms with Crippen molar-refractivity contribution in [2.75, 3.05) is 6.54 Å². The monoisotopic (exact) mass is 187 g/mol. The summed E-state index contributed by atoms with van der Waals surface area (Å²) < 4.78 is 0. The minimum absolute atomic E-state index is 0.489. The number of hydrogen-bond acceptors (Lipinski definition) is 2. The lowest BCUT2D eigenvalue weighted by molar-refractivity contribution is 0.0514. The first kappa shape index (κ1) is 12.9. The summed E-state index contributed by atoms with van der Waals surface area (Å²) in [6.45, 7) is 11.2. The highest BCUT2D eigenvalue weighted by molar-refractivity contribution is 4.77. The fourth-order valence-electron chi connectivity index (χ4n) is 1.06. The van der Waals surface area contributed by atoms with Crippen molar-refractivity contribution in [1.82, 2.24) is 5.32 Å². The molecular formula is C11H25NO. The van der Waals surface area contributed by atoms with Crippen LogP contribution in [0.2, 0.25) is 0 Å². The van der Waals surface area contributed by atoms with E-state index in [-0.39, 0.29) is 0 Å². The quantitative estimate of drug-likeness (QED) is 0.668. The van der Waals surface area contributed by atoms with E-state index in [2.05, 4.69) is 26.1 Å². The van der Waals surface area contributed by atoms with Gasteiger partial charge in [-0.3, -0.25) is 0 Å². The van der Waals surface area contributed by atoms with Crippen LogP contribution in [-0.2, 0) is 0 Å². The van der Waals surface area contributed by atoms with E-state index in [9.17, 15) is 5.11 Å². The molecule has 0 radical (unpaired) electrons. The van der Waals surface area contributed by atoms with Gasteiger partial charge in [0.1, 0.15) is 0 Å². The highest BCUT2D eigenvalue weighted by Gasteiger charge is 2.19. The molecule has 80 valence electrons. The van der Waals surface area contributed by atoms with Crippen molar-refractivity contribution in [2.24, 2.45) is 5.92 Å².